The smallest absolute Gasteiger partial charge is 0.315 e. The van der Waals surface area contributed by atoms with E-state index >= 15 is 0 Å². The Kier molecular flexibility index (Phi) is 4.55. The molecule has 0 radical (unpaired) electrons. The van der Waals surface area contributed by atoms with Crippen molar-refractivity contribution in [1.82, 2.24) is 10.6 Å². The molecule has 5 heteroatoms. The molecule has 0 aromatic rings. The average molecular weight is 282 g/mol. The number of carbonyl (C=O) groups is 2. The molecule has 2 aliphatic carbocycles. The van der Waals surface area contributed by atoms with Gasteiger partial charge in [-0.1, -0.05) is 19.3 Å². The molecule has 0 aromatic carbocycles. The van der Waals surface area contributed by atoms with Crippen LogP contribution in [0.5, 0.6) is 0 Å². The van der Waals surface area contributed by atoms with E-state index in [-0.39, 0.29) is 23.4 Å². The summed E-state index contributed by atoms with van der Waals surface area (Å²) in [6.07, 6.45) is 8.48. The second kappa shape index (κ2) is 6.02. The minimum Gasteiger partial charge on any atom is -0.481 e. The zero-order valence-electron chi connectivity index (χ0n) is 12.3. The number of rotatable bonds is 5. The van der Waals surface area contributed by atoms with Gasteiger partial charge in [0.05, 0.1) is 6.42 Å². The van der Waals surface area contributed by atoms with Crippen molar-refractivity contribution in [3.63, 3.8) is 0 Å². The fourth-order valence-corrected chi connectivity index (χ4v) is 3.46. The summed E-state index contributed by atoms with van der Waals surface area (Å²) in [7, 11) is 0. The number of carboxylic acids is 1. The monoisotopic (exact) mass is 282 g/mol. The summed E-state index contributed by atoms with van der Waals surface area (Å²) < 4.78 is 0. The molecule has 2 saturated carbocycles. The van der Waals surface area contributed by atoms with Crippen molar-refractivity contribution in [1.29, 1.82) is 0 Å². The van der Waals surface area contributed by atoms with Gasteiger partial charge in [-0.2, -0.15) is 0 Å². The summed E-state index contributed by atoms with van der Waals surface area (Å²) >= 11 is 0. The molecule has 114 valence electrons. The van der Waals surface area contributed by atoms with Gasteiger partial charge in [0, 0.05) is 12.1 Å². The third kappa shape index (κ3) is 3.87. The number of amides is 2. The lowest BCUT2D eigenvalue weighted by molar-refractivity contribution is -0.140. The van der Waals surface area contributed by atoms with Gasteiger partial charge in [0.1, 0.15) is 0 Å². The number of aliphatic carboxylic acids is 1. The van der Waals surface area contributed by atoms with Crippen LogP contribution in [0, 0.1) is 5.41 Å². The molecule has 2 rings (SSSR count). The Balaban J connectivity index is 1.84. The maximum atomic E-state index is 12.0. The molecular formula is C15H26N2O3. The van der Waals surface area contributed by atoms with Crippen LogP contribution in [0.1, 0.15) is 64.7 Å². The molecule has 0 heterocycles. The Morgan fingerprint density at radius 3 is 2.20 bits per heavy atom. The van der Waals surface area contributed by atoms with Gasteiger partial charge in [-0.15, -0.1) is 0 Å². The highest BCUT2D eigenvalue weighted by molar-refractivity contribution is 5.75. The highest BCUT2D eigenvalue weighted by Crippen LogP contribution is 2.38. The first-order valence-corrected chi connectivity index (χ1v) is 7.71. The Morgan fingerprint density at radius 2 is 1.70 bits per heavy atom. The number of carboxylic acid groups (broad SMARTS) is 1. The van der Waals surface area contributed by atoms with Crippen molar-refractivity contribution in [3.8, 4) is 0 Å². The van der Waals surface area contributed by atoms with E-state index in [1.54, 1.807) is 0 Å². The lowest BCUT2D eigenvalue weighted by Crippen LogP contribution is -2.55. The van der Waals surface area contributed by atoms with E-state index in [1.807, 2.05) is 0 Å². The quantitative estimate of drug-likeness (QED) is 0.725. The van der Waals surface area contributed by atoms with E-state index in [1.165, 1.54) is 12.8 Å². The van der Waals surface area contributed by atoms with Gasteiger partial charge < -0.3 is 15.7 Å². The Hall–Kier alpha value is -1.26. The van der Waals surface area contributed by atoms with E-state index < -0.39 is 5.97 Å². The standard InChI is InChI=1S/C15H26N2O3/c1-14(6-5-7-14)17-13(20)16-11-15(10-12(18)19)8-3-2-4-9-15/h2-11H2,1H3,(H,18,19)(H2,16,17,20). The van der Waals surface area contributed by atoms with Crippen LogP contribution in [0.25, 0.3) is 0 Å². The molecule has 2 fully saturated rings. The van der Waals surface area contributed by atoms with Crippen LogP contribution in [0.4, 0.5) is 4.79 Å². The topological polar surface area (TPSA) is 78.4 Å². The number of nitrogens with one attached hydrogen (secondary N) is 2. The molecule has 5 nitrogen and oxygen atoms in total. The van der Waals surface area contributed by atoms with Crippen LogP contribution in [0.2, 0.25) is 0 Å². The summed E-state index contributed by atoms with van der Waals surface area (Å²) in [6.45, 7) is 2.53. The fourth-order valence-electron chi connectivity index (χ4n) is 3.46. The minimum absolute atomic E-state index is 0.0589. The second-order valence-electron chi connectivity index (χ2n) is 6.85. The lowest BCUT2D eigenvalue weighted by atomic mass is 9.71. The number of carbonyl (C=O) groups excluding carboxylic acids is 1. The first-order valence-electron chi connectivity index (χ1n) is 7.71. The predicted molar refractivity (Wildman–Crippen MR) is 76.6 cm³/mol. The maximum absolute atomic E-state index is 12.0. The molecule has 0 aliphatic heterocycles. The zero-order valence-corrected chi connectivity index (χ0v) is 12.3. The van der Waals surface area contributed by atoms with Crippen LogP contribution in [-0.4, -0.2) is 29.2 Å². The first-order chi connectivity index (χ1) is 9.43. The molecule has 0 spiro atoms. The van der Waals surface area contributed by atoms with Crippen LogP contribution in [-0.2, 0) is 4.79 Å². The van der Waals surface area contributed by atoms with E-state index in [4.69, 9.17) is 5.11 Å². The molecule has 20 heavy (non-hydrogen) atoms. The lowest BCUT2D eigenvalue weighted by Gasteiger charge is -2.40. The highest BCUT2D eigenvalue weighted by Gasteiger charge is 2.36. The summed E-state index contributed by atoms with van der Waals surface area (Å²) in [5.41, 5.74) is -0.307. The normalized spacial score (nSPS) is 23.4. The van der Waals surface area contributed by atoms with E-state index in [0.29, 0.717) is 6.54 Å². The third-order valence-corrected chi connectivity index (χ3v) is 4.94. The van der Waals surface area contributed by atoms with Gasteiger partial charge in [0.15, 0.2) is 0 Å². The molecule has 0 aromatic heterocycles. The van der Waals surface area contributed by atoms with Gasteiger partial charge in [-0.05, 0) is 44.4 Å². The molecule has 2 aliphatic rings. The van der Waals surface area contributed by atoms with Gasteiger partial charge in [0.25, 0.3) is 0 Å². The first kappa shape index (κ1) is 15.1. The average Bonchev–Trinajstić information content (AvgIpc) is 2.35. The van der Waals surface area contributed by atoms with Crippen molar-refractivity contribution < 1.29 is 14.7 Å². The third-order valence-electron chi connectivity index (χ3n) is 4.94. The molecule has 0 saturated heterocycles. The molecule has 0 atom stereocenters. The number of hydrogen-bond acceptors (Lipinski definition) is 2. The fraction of sp³-hybridized carbons (Fsp3) is 0.867. The summed E-state index contributed by atoms with van der Waals surface area (Å²) in [5, 5.41) is 15.0. The van der Waals surface area contributed by atoms with E-state index in [2.05, 4.69) is 17.6 Å². The maximum Gasteiger partial charge on any atom is 0.315 e. The van der Waals surface area contributed by atoms with Gasteiger partial charge >= 0.3 is 12.0 Å². The molecular weight excluding hydrogens is 256 g/mol. The van der Waals surface area contributed by atoms with E-state index in [0.717, 1.165) is 38.5 Å². The zero-order chi connectivity index (χ0) is 14.6. The van der Waals surface area contributed by atoms with Crippen LogP contribution >= 0.6 is 0 Å². The molecule has 0 bridgehead atoms. The van der Waals surface area contributed by atoms with Crippen LogP contribution in [0.3, 0.4) is 0 Å². The predicted octanol–water partition coefficient (Wildman–Crippen LogP) is 2.65. The van der Waals surface area contributed by atoms with Gasteiger partial charge in [0.2, 0.25) is 0 Å². The summed E-state index contributed by atoms with van der Waals surface area (Å²) in [4.78, 5) is 23.0. The number of hydrogen-bond donors (Lipinski definition) is 3. The SMILES string of the molecule is CC1(NC(=O)NCC2(CC(=O)O)CCCCC2)CCC1. The van der Waals surface area contributed by atoms with E-state index in [9.17, 15) is 9.59 Å². The Labute approximate surface area is 120 Å². The van der Waals surface area contributed by atoms with Crippen molar-refractivity contribution in [2.45, 2.75) is 70.3 Å². The van der Waals surface area contributed by atoms with Crippen molar-refractivity contribution in [3.05, 3.63) is 0 Å². The Bertz CT molecular complexity index is 371. The highest BCUT2D eigenvalue weighted by atomic mass is 16.4. The van der Waals surface area contributed by atoms with Crippen LogP contribution < -0.4 is 10.6 Å². The van der Waals surface area contributed by atoms with Crippen LogP contribution in [0.15, 0.2) is 0 Å². The van der Waals surface area contributed by atoms with Crippen molar-refractivity contribution >= 4 is 12.0 Å². The molecule has 2 amide bonds. The van der Waals surface area contributed by atoms with Crippen molar-refractivity contribution in [2.75, 3.05) is 6.54 Å². The Morgan fingerprint density at radius 1 is 1.05 bits per heavy atom. The number of urea groups is 1. The van der Waals surface area contributed by atoms with Gasteiger partial charge in [-0.25, -0.2) is 4.79 Å². The summed E-state index contributed by atoms with van der Waals surface area (Å²) in [6, 6.07) is -0.150. The minimum atomic E-state index is -0.764. The molecule has 0 unspecified atom stereocenters. The molecule has 3 N–H and O–H groups in total. The second-order valence-corrected chi connectivity index (χ2v) is 6.85. The largest absolute Gasteiger partial charge is 0.481 e. The van der Waals surface area contributed by atoms with Gasteiger partial charge in [-0.3, -0.25) is 4.79 Å². The summed E-state index contributed by atoms with van der Waals surface area (Å²) in [5.74, 6) is -0.764. The van der Waals surface area contributed by atoms with Crippen molar-refractivity contribution in [2.24, 2.45) is 5.41 Å².